The van der Waals surface area contributed by atoms with E-state index >= 15 is 0 Å². The van der Waals surface area contributed by atoms with Gasteiger partial charge in [-0.05, 0) is 25.8 Å². The summed E-state index contributed by atoms with van der Waals surface area (Å²) >= 11 is 0. The van der Waals surface area contributed by atoms with Crippen molar-refractivity contribution in [2.24, 2.45) is 0 Å². The summed E-state index contributed by atoms with van der Waals surface area (Å²) in [6.45, 7) is 13.8. The number of carbonyl (C=O) groups is 3. The monoisotopic (exact) mass is 536 g/mol. The average Bonchev–Trinajstić information content (AvgIpc) is 2.89. The Hall–Kier alpha value is -2.37. The van der Waals surface area contributed by atoms with E-state index in [1.807, 2.05) is 6.92 Å². The Morgan fingerprint density at radius 1 is 0.579 bits per heavy atom. The van der Waals surface area contributed by atoms with Gasteiger partial charge < -0.3 is 14.6 Å². The summed E-state index contributed by atoms with van der Waals surface area (Å²) < 4.78 is 9.88. The van der Waals surface area contributed by atoms with E-state index in [1.165, 1.54) is 96.3 Å². The molecular formula is C32H56O6. The first kappa shape index (κ1) is 37.8. The Morgan fingerprint density at radius 2 is 0.947 bits per heavy atom. The lowest BCUT2D eigenvalue weighted by Gasteiger charge is -2.05. The highest BCUT2D eigenvalue weighted by atomic mass is 16.5. The van der Waals surface area contributed by atoms with Crippen LogP contribution in [0.1, 0.15) is 136 Å². The number of esters is 2. The minimum Gasteiger partial charge on any atom is -0.478 e. The van der Waals surface area contributed by atoms with Crippen LogP contribution in [0.4, 0.5) is 0 Å². The highest BCUT2D eigenvalue weighted by molar-refractivity contribution is 5.93. The SMILES string of the molecule is C=C(C)C(=O)OCCCCCCCCCCCCCCCCCC.C=C(C=CC(=O)O)C(=O)OCCCC. The van der Waals surface area contributed by atoms with E-state index < -0.39 is 11.9 Å². The Morgan fingerprint density at radius 3 is 1.34 bits per heavy atom. The lowest BCUT2D eigenvalue weighted by atomic mass is 10.0. The lowest BCUT2D eigenvalue weighted by molar-refractivity contribution is -0.139. The van der Waals surface area contributed by atoms with Crippen LogP contribution in [-0.4, -0.2) is 36.2 Å². The average molecular weight is 537 g/mol. The predicted octanol–water partition coefficient (Wildman–Crippen LogP) is 8.89. The second kappa shape index (κ2) is 29.2. The minimum atomic E-state index is -1.12. The zero-order valence-electron chi connectivity index (χ0n) is 24.7. The molecule has 0 atom stereocenters. The van der Waals surface area contributed by atoms with Crippen LogP contribution in [0.2, 0.25) is 0 Å². The summed E-state index contributed by atoms with van der Waals surface area (Å²) in [6.07, 6.45) is 25.4. The van der Waals surface area contributed by atoms with Crippen molar-refractivity contribution in [3.8, 4) is 0 Å². The van der Waals surface area contributed by atoms with Crippen LogP contribution in [0.5, 0.6) is 0 Å². The normalized spacial score (nSPS) is 10.5. The molecule has 0 unspecified atom stereocenters. The first-order chi connectivity index (χ1) is 18.3. The molecule has 0 saturated carbocycles. The van der Waals surface area contributed by atoms with E-state index in [9.17, 15) is 14.4 Å². The molecule has 6 nitrogen and oxygen atoms in total. The first-order valence-electron chi connectivity index (χ1n) is 14.9. The summed E-state index contributed by atoms with van der Waals surface area (Å²) in [6, 6.07) is 0. The second-order valence-corrected chi connectivity index (χ2v) is 9.91. The molecule has 0 aromatic rings. The first-order valence-corrected chi connectivity index (χ1v) is 14.9. The van der Waals surface area contributed by atoms with Crippen LogP contribution in [0.15, 0.2) is 36.5 Å². The number of carboxylic acids is 1. The van der Waals surface area contributed by atoms with Crippen LogP contribution in [0.3, 0.4) is 0 Å². The third-order valence-corrected chi connectivity index (χ3v) is 6.00. The van der Waals surface area contributed by atoms with E-state index in [1.54, 1.807) is 6.92 Å². The van der Waals surface area contributed by atoms with Crippen molar-refractivity contribution in [2.45, 2.75) is 136 Å². The molecule has 0 aliphatic rings. The standard InChI is InChI=1S/C22H42O2.C10H14O4/c1-4-5-6-7-8-9-10-11-12-13-14-15-16-17-18-19-20-24-22(23)21(2)3;1-3-4-7-14-10(13)8(2)5-6-9(11)12/h2,4-20H2,1,3H3;5-6H,2-4,7H2,1H3,(H,11,12). The van der Waals surface area contributed by atoms with Crippen molar-refractivity contribution >= 4 is 17.9 Å². The molecule has 0 aromatic carbocycles. The Kier molecular flexibility index (Phi) is 29.0. The summed E-state index contributed by atoms with van der Waals surface area (Å²) in [4.78, 5) is 32.4. The van der Waals surface area contributed by atoms with E-state index in [2.05, 4.69) is 20.1 Å². The fraction of sp³-hybridized carbons (Fsp3) is 0.719. The lowest BCUT2D eigenvalue weighted by Crippen LogP contribution is -2.07. The van der Waals surface area contributed by atoms with Gasteiger partial charge in [-0.15, -0.1) is 0 Å². The highest BCUT2D eigenvalue weighted by Gasteiger charge is 2.05. The van der Waals surface area contributed by atoms with E-state index in [4.69, 9.17) is 14.6 Å². The van der Waals surface area contributed by atoms with Crippen LogP contribution in [0, 0.1) is 0 Å². The van der Waals surface area contributed by atoms with Gasteiger partial charge in [0.1, 0.15) is 0 Å². The highest BCUT2D eigenvalue weighted by Crippen LogP contribution is 2.13. The van der Waals surface area contributed by atoms with Gasteiger partial charge in [-0.25, -0.2) is 14.4 Å². The molecule has 1 N–H and O–H groups in total. The number of ether oxygens (including phenoxy) is 2. The summed E-state index contributed by atoms with van der Waals surface area (Å²) in [5, 5.41) is 8.28. The van der Waals surface area contributed by atoms with E-state index in [-0.39, 0.29) is 11.5 Å². The number of rotatable bonds is 24. The number of aliphatic carboxylic acids is 1. The van der Waals surface area contributed by atoms with Crippen molar-refractivity contribution in [1.29, 1.82) is 0 Å². The zero-order chi connectivity index (χ0) is 28.9. The molecule has 0 heterocycles. The summed E-state index contributed by atoms with van der Waals surface area (Å²) in [5.41, 5.74) is 0.537. The van der Waals surface area contributed by atoms with Crippen molar-refractivity contribution < 1.29 is 29.0 Å². The third kappa shape index (κ3) is 29.9. The molecule has 0 rings (SSSR count). The maximum Gasteiger partial charge on any atom is 0.337 e. The maximum absolute atomic E-state index is 11.2. The van der Waals surface area contributed by atoms with Crippen molar-refractivity contribution in [3.63, 3.8) is 0 Å². The fourth-order valence-corrected chi connectivity index (χ4v) is 3.58. The van der Waals surface area contributed by atoms with Gasteiger partial charge in [0.05, 0.1) is 18.8 Å². The molecule has 0 aromatic heterocycles. The topological polar surface area (TPSA) is 89.9 Å². The molecule has 0 aliphatic heterocycles. The van der Waals surface area contributed by atoms with Gasteiger partial charge in [-0.1, -0.05) is 130 Å². The number of carbonyl (C=O) groups excluding carboxylic acids is 2. The molecule has 0 amide bonds. The van der Waals surface area contributed by atoms with Gasteiger partial charge in [-0.2, -0.15) is 0 Å². The zero-order valence-corrected chi connectivity index (χ0v) is 24.7. The number of unbranched alkanes of at least 4 members (excludes halogenated alkanes) is 16. The molecule has 220 valence electrons. The molecule has 38 heavy (non-hydrogen) atoms. The fourth-order valence-electron chi connectivity index (χ4n) is 3.58. The quantitative estimate of drug-likeness (QED) is 0.0573. The largest absolute Gasteiger partial charge is 0.478 e. The molecule has 0 spiro atoms. The second-order valence-electron chi connectivity index (χ2n) is 9.91. The third-order valence-electron chi connectivity index (χ3n) is 6.00. The van der Waals surface area contributed by atoms with Gasteiger partial charge in [0.15, 0.2) is 0 Å². The predicted molar refractivity (Wildman–Crippen MR) is 157 cm³/mol. The van der Waals surface area contributed by atoms with Crippen molar-refractivity contribution in [3.05, 3.63) is 36.5 Å². The molecule has 6 heteroatoms. The molecule has 0 bridgehead atoms. The number of hydrogen-bond donors (Lipinski definition) is 1. The van der Waals surface area contributed by atoms with Crippen molar-refractivity contribution in [2.75, 3.05) is 13.2 Å². The molecular weight excluding hydrogens is 480 g/mol. The number of carboxylic acid groups (broad SMARTS) is 1. The Balaban J connectivity index is 0. The van der Waals surface area contributed by atoms with Gasteiger partial charge in [0.25, 0.3) is 0 Å². The smallest absolute Gasteiger partial charge is 0.337 e. The molecule has 0 radical (unpaired) electrons. The maximum atomic E-state index is 11.2. The molecule has 0 saturated heterocycles. The minimum absolute atomic E-state index is 0.0449. The number of hydrogen-bond acceptors (Lipinski definition) is 5. The van der Waals surface area contributed by atoms with E-state index in [0.717, 1.165) is 31.4 Å². The molecule has 0 fully saturated rings. The Labute approximate surface area is 232 Å². The van der Waals surface area contributed by atoms with Crippen molar-refractivity contribution in [1.82, 2.24) is 0 Å². The molecule has 0 aliphatic carbocycles. The van der Waals surface area contributed by atoms with Gasteiger partial charge in [0.2, 0.25) is 0 Å². The summed E-state index contributed by atoms with van der Waals surface area (Å²) in [5.74, 6) is -1.94. The van der Waals surface area contributed by atoms with Gasteiger partial charge in [-0.3, -0.25) is 0 Å². The van der Waals surface area contributed by atoms with Crippen LogP contribution < -0.4 is 0 Å². The Bertz CT molecular complexity index is 665. The van der Waals surface area contributed by atoms with Crippen LogP contribution in [0.25, 0.3) is 0 Å². The summed E-state index contributed by atoms with van der Waals surface area (Å²) in [7, 11) is 0. The van der Waals surface area contributed by atoms with Crippen LogP contribution >= 0.6 is 0 Å². The van der Waals surface area contributed by atoms with Gasteiger partial charge >= 0.3 is 17.9 Å². The van der Waals surface area contributed by atoms with Gasteiger partial charge in [0, 0.05) is 11.6 Å². The van der Waals surface area contributed by atoms with Crippen LogP contribution in [-0.2, 0) is 23.9 Å². The van der Waals surface area contributed by atoms with E-state index in [0.29, 0.717) is 18.8 Å².